The zero-order valence-electron chi connectivity index (χ0n) is 17.1. The lowest BCUT2D eigenvalue weighted by atomic mass is 10.0. The topological polar surface area (TPSA) is 79.0 Å². The molecule has 5 nitrogen and oxygen atoms in total. The molecule has 0 spiro atoms. The summed E-state index contributed by atoms with van der Waals surface area (Å²) in [4.78, 5) is 15.9. The zero-order chi connectivity index (χ0) is 22.1. The fourth-order valence-electron chi connectivity index (χ4n) is 3.25. The van der Waals surface area contributed by atoms with Gasteiger partial charge in [0.05, 0.1) is 5.75 Å². The molecular weight excluding hydrogens is 443 g/mol. The average molecular weight is 467 g/mol. The molecule has 0 saturated heterocycles. The van der Waals surface area contributed by atoms with Gasteiger partial charge in [-0.05, 0) is 60.7 Å². The molecule has 0 radical (unpaired) electrons. The molecule has 0 aliphatic carbocycles. The molecule has 0 aliphatic rings. The highest BCUT2D eigenvalue weighted by atomic mass is 35.5. The lowest BCUT2D eigenvalue weighted by molar-refractivity contribution is 0.0981. The summed E-state index contributed by atoms with van der Waals surface area (Å²) in [5, 5.41) is 1.99. The SMILES string of the molecule is Cc1[nH]c2ccc(C(=O)NS(=O)(=O)CCC(C)C)cc2c1Cc1ccc(Cl)cc1Cl. The third-order valence-electron chi connectivity index (χ3n) is 4.98. The van der Waals surface area contributed by atoms with Crippen LogP contribution >= 0.6 is 23.2 Å². The molecule has 1 aromatic heterocycles. The van der Waals surface area contributed by atoms with Crippen LogP contribution in [0.15, 0.2) is 36.4 Å². The quantitative estimate of drug-likeness (QED) is 0.483. The van der Waals surface area contributed by atoms with Crippen molar-refractivity contribution in [2.24, 2.45) is 5.92 Å². The number of amides is 1. The minimum absolute atomic E-state index is 0.0811. The highest BCUT2D eigenvalue weighted by molar-refractivity contribution is 7.90. The number of benzene rings is 2. The highest BCUT2D eigenvalue weighted by Crippen LogP contribution is 2.29. The fraction of sp³-hybridized carbons (Fsp3) is 0.318. The summed E-state index contributed by atoms with van der Waals surface area (Å²) >= 11 is 12.3. The first kappa shape index (κ1) is 22.7. The third-order valence-corrected chi connectivity index (χ3v) is 6.83. The Kier molecular flexibility index (Phi) is 6.80. The van der Waals surface area contributed by atoms with E-state index >= 15 is 0 Å². The van der Waals surface area contributed by atoms with Gasteiger partial charge < -0.3 is 4.98 Å². The number of nitrogens with one attached hydrogen (secondary N) is 2. The van der Waals surface area contributed by atoms with Crippen LogP contribution in [-0.4, -0.2) is 25.1 Å². The predicted octanol–water partition coefficient (Wildman–Crippen LogP) is 5.48. The van der Waals surface area contributed by atoms with Gasteiger partial charge in [0, 0.05) is 38.6 Å². The van der Waals surface area contributed by atoms with Gasteiger partial charge in [-0.2, -0.15) is 0 Å². The molecule has 160 valence electrons. The van der Waals surface area contributed by atoms with E-state index < -0.39 is 15.9 Å². The molecule has 3 rings (SSSR count). The summed E-state index contributed by atoms with van der Waals surface area (Å²) in [5.74, 6) is -0.476. The number of halogens is 2. The number of carbonyl (C=O) groups excluding carboxylic acids is 1. The van der Waals surface area contributed by atoms with E-state index in [9.17, 15) is 13.2 Å². The lowest BCUT2D eigenvalue weighted by Crippen LogP contribution is -2.32. The maximum Gasteiger partial charge on any atom is 0.264 e. The Balaban J connectivity index is 1.90. The maximum absolute atomic E-state index is 12.6. The highest BCUT2D eigenvalue weighted by Gasteiger charge is 2.18. The summed E-state index contributed by atoms with van der Waals surface area (Å²) < 4.78 is 26.6. The zero-order valence-corrected chi connectivity index (χ0v) is 19.4. The Bertz CT molecular complexity index is 1200. The first-order valence-corrected chi connectivity index (χ1v) is 12.1. The number of aryl methyl sites for hydroxylation is 1. The van der Waals surface area contributed by atoms with Gasteiger partial charge in [0.1, 0.15) is 0 Å². The molecule has 0 bridgehead atoms. The van der Waals surface area contributed by atoms with Crippen LogP contribution < -0.4 is 4.72 Å². The van der Waals surface area contributed by atoms with E-state index in [1.54, 1.807) is 30.3 Å². The number of aromatic nitrogens is 1. The molecule has 1 amide bonds. The molecule has 30 heavy (non-hydrogen) atoms. The van der Waals surface area contributed by atoms with Crippen LogP contribution in [0.3, 0.4) is 0 Å². The van der Waals surface area contributed by atoms with Gasteiger partial charge in [-0.1, -0.05) is 43.1 Å². The molecule has 0 aliphatic heterocycles. The summed E-state index contributed by atoms with van der Waals surface area (Å²) in [7, 11) is -3.68. The van der Waals surface area contributed by atoms with Crippen molar-refractivity contribution in [1.82, 2.24) is 9.71 Å². The van der Waals surface area contributed by atoms with Crippen molar-refractivity contribution >= 4 is 50.0 Å². The Labute approximate surface area is 186 Å². The summed E-state index contributed by atoms with van der Waals surface area (Å²) in [6, 6.07) is 10.5. The average Bonchev–Trinajstić information content (AvgIpc) is 2.96. The number of rotatable bonds is 7. The van der Waals surface area contributed by atoms with Crippen molar-refractivity contribution in [2.75, 3.05) is 5.75 Å². The van der Waals surface area contributed by atoms with Gasteiger partial charge in [0.25, 0.3) is 5.91 Å². The number of hydrogen-bond acceptors (Lipinski definition) is 3. The van der Waals surface area contributed by atoms with Gasteiger partial charge >= 0.3 is 0 Å². The molecule has 1 heterocycles. The van der Waals surface area contributed by atoms with Gasteiger partial charge in [-0.3, -0.25) is 4.79 Å². The Morgan fingerprint density at radius 1 is 1.13 bits per heavy atom. The van der Waals surface area contributed by atoms with E-state index in [1.807, 2.05) is 26.8 Å². The Morgan fingerprint density at radius 2 is 1.87 bits per heavy atom. The molecule has 2 aromatic carbocycles. The van der Waals surface area contributed by atoms with Crippen LogP contribution in [-0.2, 0) is 16.4 Å². The van der Waals surface area contributed by atoms with Crippen molar-refractivity contribution in [3.05, 3.63) is 68.8 Å². The summed E-state index contributed by atoms with van der Waals surface area (Å²) in [6.45, 7) is 5.83. The van der Waals surface area contributed by atoms with Crippen LogP contribution in [0.25, 0.3) is 10.9 Å². The number of hydrogen-bond donors (Lipinski definition) is 2. The molecule has 0 unspecified atom stereocenters. The molecule has 0 saturated carbocycles. The van der Waals surface area contributed by atoms with Crippen molar-refractivity contribution in [3.63, 3.8) is 0 Å². The largest absolute Gasteiger partial charge is 0.358 e. The van der Waals surface area contributed by atoms with Crippen LogP contribution in [0.2, 0.25) is 10.0 Å². The lowest BCUT2D eigenvalue weighted by Gasteiger charge is -2.09. The molecular formula is C22H24Cl2N2O3S. The van der Waals surface area contributed by atoms with E-state index in [4.69, 9.17) is 23.2 Å². The summed E-state index contributed by atoms with van der Waals surface area (Å²) in [6.07, 6.45) is 1.05. The Hall–Kier alpha value is -2.02. The Morgan fingerprint density at radius 3 is 2.53 bits per heavy atom. The van der Waals surface area contributed by atoms with Crippen LogP contribution in [0.4, 0.5) is 0 Å². The molecule has 2 N–H and O–H groups in total. The van der Waals surface area contributed by atoms with E-state index in [1.165, 1.54) is 0 Å². The first-order valence-electron chi connectivity index (χ1n) is 9.65. The standard InChI is InChI=1S/C22H24Cl2N2O3S/c1-13(2)8-9-30(28,29)26-22(27)16-5-7-21-19(11-16)18(14(3)25-21)10-15-4-6-17(23)12-20(15)24/h4-7,11-13,25H,8-10H2,1-3H3,(H,26,27). The van der Waals surface area contributed by atoms with Gasteiger partial charge in [-0.25, -0.2) is 13.1 Å². The van der Waals surface area contributed by atoms with E-state index in [0.717, 1.165) is 27.7 Å². The molecule has 0 atom stereocenters. The van der Waals surface area contributed by atoms with Crippen molar-refractivity contribution < 1.29 is 13.2 Å². The van der Waals surface area contributed by atoms with Crippen LogP contribution in [0.1, 0.15) is 47.4 Å². The molecule has 3 aromatic rings. The molecule has 0 fully saturated rings. The second-order valence-electron chi connectivity index (χ2n) is 7.83. The van der Waals surface area contributed by atoms with Crippen molar-refractivity contribution in [3.8, 4) is 0 Å². The fourth-order valence-corrected chi connectivity index (χ4v) is 5.01. The predicted molar refractivity (Wildman–Crippen MR) is 123 cm³/mol. The van der Waals surface area contributed by atoms with E-state index in [-0.39, 0.29) is 17.2 Å². The van der Waals surface area contributed by atoms with Crippen LogP contribution in [0, 0.1) is 12.8 Å². The monoisotopic (exact) mass is 466 g/mol. The normalized spacial score (nSPS) is 11.9. The second kappa shape index (κ2) is 9.00. The van der Waals surface area contributed by atoms with Gasteiger partial charge in [0.2, 0.25) is 10.0 Å². The maximum atomic E-state index is 12.6. The third kappa shape index (κ3) is 5.36. The summed E-state index contributed by atoms with van der Waals surface area (Å²) in [5.41, 5.74) is 4.02. The number of H-pyrrole nitrogens is 1. The van der Waals surface area contributed by atoms with Crippen molar-refractivity contribution in [1.29, 1.82) is 0 Å². The smallest absolute Gasteiger partial charge is 0.264 e. The second-order valence-corrected chi connectivity index (χ2v) is 10.5. The van der Waals surface area contributed by atoms with Gasteiger partial charge in [-0.15, -0.1) is 0 Å². The van der Waals surface area contributed by atoms with Crippen molar-refractivity contribution in [2.45, 2.75) is 33.6 Å². The number of sulfonamides is 1. The van der Waals surface area contributed by atoms with Crippen LogP contribution in [0.5, 0.6) is 0 Å². The van der Waals surface area contributed by atoms with E-state index in [0.29, 0.717) is 22.9 Å². The number of fused-ring (bicyclic) bond motifs is 1. The number of carbonyl (C=O) groups is 1. The minimum atomic E-state index is -3.68. The number of aromatic amines is 1. The van der Waals surface area contributed by atoms with E-state index in [2.05, 4.69) is 9.71 Å². The molecule has 8 heteroatoms. The van der Waals surface area contributed by atoms with Gasteiger partial charge in [0.15, 0.2) is 0 Å². The minimum Gasteiger partial charge on any atom is -0.358 e. The first-order chi connectivity index (χ1) is 14.1.